The lowest BCUT2D eigenvalue weighted by atomic mass is 10.1. The Labute approximate surface area is 146 Å². The SMILES string of the molecule is O=C(CN1C2=NCCCCN2c2ccccc21)c1ccc(Cl)cc1. The zero-order valence-corrected chi connectivity index (χ0v) is 14.0. The molecule has 0 saturated heterocycles. The van der Waals surface area contributed by atoms with Crippen LogP contribution in [0.1, 0.15) is 23.2 Å². The zero-order valence-electron chi connectivity index (χ0n) is 13.3. The zero-order chi connectivity index (χ0) is 16.5. The highest BCUT2D eigenvalue weighted by atomic mass is 35.5. The molecule has 122 valence electrons. The minimum atomic E-state index is 0.0651. The molecule has 2 aromatic rings. The van der Waals surface area contributed by atoms with E-state index < -0.39 is 0 Å². The smallest absolute Gasteiger partial charge is 0.206 e. The minimum absolute atomic E-state index is 0.0651. The second-order valence-corrected chi connectivity index (χ2v) is 6.48. The number of anilines is 2. The summed E-state index contributed by atoms with van der Waals surface area (Å²) < 4.78 is 0. The molecule has 0 bridgehead atoms. The number of fused-ring (bicyclic) bond motifs is 3. The second kappa shape index (κ2) is 6.29. The molecule has 0 aliphatic carbocycles. The van der Waals surface area contributed by atoms with Gasteiger partial charge in [-0.1, -0.05) is 23.7 Å². The van der Waals surface area contributed by atoms with Crippen LogP contribution in [0.4, 0.5) is 11.4 Å². The Morgan fingerprint density at radius 2 is 1.79 bits per heavy atom. The number of nitrogens with zero attached hydrogens (tertiary/aromatic N) is 3. The molecule has 0 amide bonds. The maximum atomic E-state index is 12.7. The number of hydrogen-bond acceptors (Lipinski definition) is 4. The van der Waals surface area contributed by atoms with Crippen molar-refractivity contribution in [1.29, 1.82) is 0 Å². The molecular formula is C19H18ClN3O. The van der Waals surface area contributed by atoms with E-state index >= 15 is 0 Å². The Morgan fingerprint density at radius 3 is 2.58 bits per heavy atom. The van der Waals surface area contributed by atoms with Gasteiger partial charge in [0.1, 0.15) is 0 Å². The summed E-state index contributed by atoms with van der Waals surface area (Å²) in [6.45, 7) is 2.04. The summed E-state index contributed by atoms with van der Waals surface area (Å²) in [5.74, 6) is 0.964. The molecule has 0 aromatic heterocycles. The number of hydrogen-bond donors (Lipinski definition) is 0. The first-order valence-corrected chi connectivity index (χ1v) is 8.59. The first kappa shape index (κ1) is 15.2. The average molecular weight is 340 g/mol. The van der Waals surface area contributed by atoms with Crippen molar-refractivity contribution in [3.05, 3.63) is 59.1 Å². The van der Waals surface area contributed by atoms with Crippen LogP contribution in [0.15, 0.2) is 53.5 Å². The molecule has 0 spiro atoms. The molecule has 24 heavy (non-hydrogen) atoms. The first-order valence-electron chi connectivity index (χ1n) is 8.21. The van der Waals surface area contributed by atoms with Gasteiger partial charge in [0.25, 0.3) is 0 Å². The standard InChI is InChI=1S/C19H18ClN3O/c20-15-9-7-14(8-10-15)18(24)13-23-17-6-2-1-5-16(17)22-12-4-3-11-21-19(22)23/h1-2,5-10H,3-4,11-13H2. The first-order chi connectivity index (χ1) is 11.7. The summed E-state index contributed by atoms with van der Waals surface area (Å²) in [5.41, 5.74) is 2.87. The highest BCUT2D eigenvalue weighted by molar-refractivity contribution is 6.30. The summed E-state index contributed by atoms with van der Waals surface area (Å²) in [6, 6.07) is 15.3. The van der Waals surface area contributed by atoms with Crippen LogP contribution in [0, 0.1) is 0 Å². The van der Waals surface area contributed by atoms with Gasteiger partial charge >= 0.3 is 0 Å². The van der Waals surface area contributed by atoms with E-state index in [1.54, 1.807) is 24.3 Å². The molecule has 2 aliphatic heterocycles. The highest BCUT2D eigenvalue weighted by Crippen LogP contribution is 2.38. The third-order valence-corrected chi connectivity index (χ3v) is 4.71. The van der Waals surface area contributed by atoms with Crippen LogP contribution in [0.5, 0.6) is 0 Å². The van der Waals surface area contributed by atoms with Crippen LogP contribution in [0.3, 0.4) is 0 Å². The summed E-state index contributed by atoms with van der Waals surface area (Å²) in [5, 5.41) is 0.636. The molecule has 5 heteroatoms. The number of halogens is 1. The molecule has 0 fully saturated rings. The molecule has 0 radical (unpaired) electrons. The lowest BCUT2D eigenvalue weighted by Crippen LogP contribution is -2.41. The summed E-state index contributed by atoms with van der Waals surface area (Å²) in [7, 11) is 0. The molecule has 4 rings (SSSR count). The maximum Gasteiger partial charge on any atom is 0.206 e. The van der Waals surface area contributed by atoms with Gasteiger partial charge in [0.05, 0.1) is 17.9 Å². The van der Waals surface area contributed by atoms with E-state index in [0.29, 0.717) is 10.6 Å². The number of benzene rings is 2. The van der Waals surface area contributed by atoms with Crippen LogP contribution in [0.25, 0.3) is 0 Å². The summed E-state index contributed by atoms with van der Waals surface area (Å²) in [6.07, 6.45) is 2.20. The normalized spacial score (nSPS) is 16.3. The Kier molecular flexibility index (Phi) is 3.98. The van der Waals surface area contributed by atoms with Crippen molar-refractivity contribution in [2.24, 2.45) is 4.99 Å². The molecule has 0 N–H and O–H groups in total. The van der Waals surface area contributed by atoms with Gasteiger partial charge in [-0.2, -0.15) is 0 Å². The van der Waals surface area contributed by atoms with Gasteiger partial charge in [0.15, 0.2) is 5.78 Å². The number of carbonyl (C=O) groups excluding carboxylic acids is 1. The molecule has 0 saturated carbocycles. The van der Waals surface area contributed by atoms with Crippen molar-refractivity contribution in [2.45, 2.75) is 12.8 Å². The third kappa shape index (κ3) is 2.67. The molecule has 2 heterocycles. The van der Waals surface area contributed by atoms with Gasteiger partial charge < -0.3 is 9.80 Å². The van der Waals surface area contributed by atoms with Crippen LogP contribution in [-0.2, 0) is 0 Å². The predicted octanol–water partition coefficient (Wildman–Crippen LogP) is 4.00. The van der Waals surface area contributed by atoms with E-state index in [4.69, 9.17) is 16.6 Å². The van der Waals surface area contributed by atoms with Gasteiger partial charge in [-0.25, -0.2) is 0 Å². The van der Waals surface area contributed by atoms with E-state index in [0.717, 1.165) is 43.3 Å². The van der Waals surface area contributed by atoms with Crippen molar-refractivity contribution >= 4 is 34.7 Å². The van der Waals surface area contributed by atoms with Crippen LogP contribution in [-0.4, -0.2) is 31.4 Å². The Bertz CT molecular complexity index is 801. The van der Waals surface area contributed by atoms with E-state index in [1.807, 2.05) is 17.0 Å². The van der Waals surface area contributed by atoms with Crippen molar-refractivity contribution in [3.63, 3.8) is 0 Å². The number of ketones is 1. The highest BCUT2D eigenvalue weighted by Gasteiger charge is 2.34. The van der Waals surface area contributed by atoms with Crippen LogP contribution < -0.4 is 9.80 Å². The molecular weight excluding hydrogens is 322 g/mol. The lowest BCUT2D eigenvalue weighted by molar-refractivity contribution is 0.100. The number of para-hydroxylation sites is 2. The Balaban J connectivity index is 1.67. The van der Waals surface area contributed by atoms with E-state index in [1.165, 1.54) is 0 Å². The molecule has 0 atom stereocenters. The second-order valence-electron chi connectivity index (χ2n) is 6.05. The van der Waals surface area contributed by atoms with Crippen molar-refractivity contribution in [3.8, 4) is 0 Å². The fraction of sp³-hybridized carbons (Fsp3) is 0.263. The molecule has 4 nitrogen and oxygen atoms in total. The fourth-order valence-electron chi connectivity index (χ4n) is 3.26. The number of rotatable bonds is 3. The van der Waals surface area contributed by atoms with Gasteiger partial charge in [-0.05, 0) is 49.2 Å². The fourth-order valence-corrected chi connectivity index (χ4v) is 3.39. The average Bonchev–Trinajstić information content (AvgIpc) is 2.76. The quantitative estimate of drug-likeness (QED) is 0.793. The maximum absolute atomic E-state index is 12.7. The number of carbonyl (C=O) groups is 1. The number of aliphatic imine (C=N–C) groups is 1. The van der Waals surface area contributed by atoms with Gasteiger partial charge in [-0.3, -0.25) is 9.79 Å². The topological polar surface area (TPSA) is 35.9 Å². The summed E-state index contributed by atoms with van der Waals surface area (Å²) >= 11 is 5.92. The van der Waals surface area contributed by atoms with Gasteiger partial charge in [-0.15, -0.1) is 0 Å². The summed E-state index contributed by atoms with van der Waals surface area (Å²) in [4.78, 5) is 21.7. The van der Waals surface area contributed by atoms with Gasteiger partial charge in [0, 0.05) is 23.7 Å². The van der Waals surface area contributed by atoms with Crippen molar-refractivity contribution in [1.82, 2.24) is 0 Å². The van der Waals surface area contributed by atoms with Crippen molar-refractivity contribution in [2.75, 3.05) is 29.4 Å². The third-order valence-electron chi connectivity index (χ3n) is 4.46. The Hall–Kier alpha value is -2.33. The Morgan fingerprint density at radius 1 is 1.04 bits per heavy atom. The van der Waals surface area contributed by atoms with Crippen LogP contribution in [0.2, 0.25) is 5.02 Å². The van der Waals surface area contributed by atoms with Crippen molar-refractivity contribution < 1.29 is 4.79 Å². The molecule has 0 unspecified atom stereocenters. The van der Waals surface area contributed by atoms with Gasteiger partial charge in [0.2, 0.25) is 5.96 Å². The largest absolute Gasteiger partial charge is 0.310 e. The predicted molar refractivity (Wildman–Crippen MR) is 98.5 cm³/mol. The van der Waals surface area contributed by atoms with E-state index in [9.17, 15) is 4.79 Å². The minimum Gasteiger partial charge on any atom is -0.310 e. The molecule has 2 aromatic carbocycles. The van der Waals surface area contributed by atoms with Crippen LogP contribution >= 0.6 is 11.6 Å². The number of guanidine groups is 1. The van der Waals surface area contributed by atoms with E-state index in [2.05, 4.69) is 17.0 Å². The number of Topliss-reactive ketones (excluding diaryl/α,β-unsaturated/α-hetero) is 1. The lowest BCUT2D eigenvalue weighted by Gasteiger charge is -2.22. The van der Waals surface area contributed by atoms with E-state index in [-0.39, 0.29) is 12.3 Å². The monoisotopic (exact) mass is 339 g/mol. The molecule has 2 aliphatic rings.